The molecule has 2 nitrogen and oxygen atoms in total. The molecule has 0 fully saturated rings. The lowest BCUT2D eigenvalue weighted by Crippen LogP contribution is -2.15. The maximum atomic E-state index is 9.20. The van der Waals surface area contributed by atoms with Crippen LogP contribution in [0.15, 0.2) is 0 Å². The highest BCUT2D eigenvalue weighted by Crippen LogP contribution is 2.14. The van der Waals surface area contributed by atoms with Crippen LogP contribution in [-0.2, 0) is 4.74 Å². The highest BCUT2D eigenvalue weighted by molar-refractivity contribution is 4.59. The van der Waals surface area contributed by atoms with E-state index >= 15 is 0 Å². The van der Waals surface area contributed by atoms with Gasteiger partial charge in [-0.15, -0.1) is 0 Å². The molecule has 0 saturated heterocycles. The Morgan fingerprint density at radius 3 is 1.54 bits per heavy atom. The van der Waals surface area contributed by atoms with Crippen LogP contribution in [0.1, 0.15) is 123 Å². The Balaban J connectivity index is 3.42. The zero-order chi connectivity index (χ0) is 17.7. The molecule has 2 heteroatoms. The maximum absolute atomic E-state index is 9.20. The maximum Gasteiger partial charge on any atom is 0.0597 e. The Bertz CT molecular complexity index is 218. The van der Waals surface area contributed by atoms with Crippen LogP contribution in [0.25, 0.3) is 0 Å². The SMILES string of the molecule is CCCCCCCCCCOC(CCO)CCCCCCCCC. The standard InChI is InChI=1S/C22H46O2/c1-3-5-7-9-11-13-15-17-21-24-22(19-20-23)18-16-14-12-10-8-6-4-2/h22-23H,3-21H2,1-2H3. The fourth-order valence-electron chi connectivity index (χ4n) is 3.27. The van der Waals surface area contributed by atoms with Crippen molar-refractivity contribution in [2.45, 2.75) is 129 Å². The second-order valence-corrected chi connectivity index (χ2v) is 7.39. The second kappa shape index (κ2) is 21.0. The summed E-state index contributed by atoms with van der Waals surface area (Å²) >= 11 is 0. The first-order valence-corrected chi connectivity index (χ1v) is 11.1. The van der Waals surface area contributed by atoms with Gasteiger partial charge >= 0.3 is 0 Å². The quantitative estimate of drug-likeness (QED) is 0.240. The zero-order valence-electron chi connectivity index (χ0n) is 16.9. The average molecular weight is 343 g/mol. The first-order valence-electron chi connectivity index (χ1n) is 11.1. The molecule has 0 aliphatic rings. The number of unbranched alkanes of at least 4 members (excludes halogenated alkanes) is 13. The van der Waals surface area contributed by atoms with Crippen LogP contribution in [0.5, 0.6) is 0 Å². The van der Waals surface area contributed by atoms with Crippen molar-refractivity contribution >= 4 is 0 Å². The molecule has 0 bridgehead atoms. The predicted octanol–water partition coefficient (Wildman–Crippen LogP) is 7.04. The highest BCUT2D eigenvalue weighted by Gasteiger charge is 2.08. The smallest absolute Gasteiger partial charge is 0.0597 e. The summed E-state index contributed by atoms with van der Waals surface area (Å²) in [6, 6.07) is 0. The van der Waals surface area contributed by atoms with E-state index in [-0.39, 0.29) is 12.7 Å². The molecule has 0 radical (unpaired) electrons. The van der Waals surface area contributed by atoms with E-state index in [0.717, 1.165) is 19.4 Å². The van der Waals surface area contributed by atoms with Gasteiger partial charge in [0.05, 0.1) is 6.10 Å². The van der Waals surface area contributed by atoms with Gasteiger partial charge in [-0.3, -0.25) is 0 Å². The summed E-state index contributed by atoms with van der Waals surface area (Å²) in [5.41, 5.74) is 0. The monoisotopic (exact) mass is 342 g/mol. The van der Waals surface area contributed by atoms with Gasteiger partial charge in [-0.25, -0.2) is 0 Å². The Kier molecular flexibility index (Phi) is 20.9. The summed E-state index contributed by atoms with van der Waals surface area (Å²) in [6.45, 7) is 5.69. The predicted molar refractivity (Wildman–Crippen MR) is 107 cm³/mol. The van der Waals surface area contributed by atoms with Gasteiger partial charge in [-0.1, -0.05) is 104 Å². The molecule has 0 aromatic carbocycles. The number of hydrogen-bond donors (Lipinski definition) is 1. The van der Waals surface area contributed by atoms with E-state index in [1.165, 1.54) is 96.3 Å². The molecule has 0 amide bonds. The Morgan fingerprint density at radius 1 is 0.583 bits per heavy atom. The lowest BCUT2D eigenvalue weighted by atomic mass is 10.0. The van der Waals surface area contributed by atoms with E-state index in [1.807, 2.05) is 0 Å². The summed E-state index contributed by atoms with van der Waals surface area (Å²) in [5, 5.41) is 9.20. The topological polar surface area (TPSA) is 29.5 Å². The largest absolute Gasteiger partial charge is 0.396 e. The van der Waals surface area contributed by atoms with Gasteiger partial charge in [0.2, 0.25) is 0 Å². The molecule has 0 spiro atoms. The minimum absolute atomic E-state index is 0.262. The van der Waals surface area contributed by atoms with E-state index in [9.17, 15) is 5.11 Å². The van der Waals surface area contributed by atoms with Crippen molar-refractivity contribution in [2.24, 2.45) is 0 Å². The van der Waals surface area contributed by atoms with E-state index in [0.29, 0.717) is 0 Å². The summed E-state index contributed by atoms with van der Waals surface area (Å²) in [6.07, 6.45) is 22.4. The molecule has 1 atom stereocenters. The molecule has 0 aromatic rings. The molecule has 0 rings (SSSR count). The molecular formula is C22H46O2. The van der Waals surface area contributed by atoms with Crippen LogP contribution in [0, 0.1) is 0 Å². The van der Waals surface area contributed by atoms with Crippen LogP contribution in [0.2, 0.25) is 0 Å². The summed E-state index contributed by atoms with van der Waals surface area (Å²) < 4.78 is 6.01. The van der Waals surface area contributed by atoms with E-state index in [1.54, 1.807) is 0 Å². The Hall–Kier alpha value is -0.0800. The summed E-state index contributed by atoms with van der Waals surface area (Å²) in [7, 11) is 0. The lowest BCUT2D eigenvalue weighted by molar-refractivity contribution is 0.0265. The number of aliphatic hydroxyl groups excluding tert-OH is 1. The van der Waals surface area contributed by atoms with Crippen molar-refractivity contribution < 1.29 is 9.84 Å². The van der Waals surface area contributed by atoms with Crippen molar-refractivity contribution in [1.29, 1.82) is 0 Å². The number of ether oxygens (including phenoxy) is 1. The van der Waals surface area contributed by atoms with Gasteiger partial charge in [-0.2, -0.15) is 0 Å². The molecule has 0 aromatic heterocycles. The number of aliphatic hydroxyl groups is 1. The molecule has 0 saturated carbocycles. The minimum Gasteiger partial charge on any atom is -0.396 e. The first-order chi connectivity index (χ1) is 11.8. The molecule has 0 heterocycles. The molecule has 0 aliphatic heterocycles. The second-order valence-electron chi connectivity index (χ2n) is 7.39. The van der Waals surface area contributed by atoms with Crippen LogP contribution < -0.4 is 0 Å². The number of hydrogen-bond acceptors (Lipinski definition) is 2. The molecule has 0 aliphatic carbocycles. The third-order valence-corrected chi connectivity index (χ3v) is 4.93. The van der Waals surface area contributed by atoms with Crippen molar-refractivity contribution in [2.75, 3.05) is 13.2 Å². The first kappa shape index (κ1) is 23.9. The van der Waals surface area contributed by atoms with Gasteiger partial charge in [0.25, 0.3) is 0 Å². The van der Waals surface area contributed by atoms with Crippen LogP contribution >= 0.6 is 0 Å². The van der Waals surface area contributed by atoms with Gasteiger partial charge in [0, 0.05) is 13.2 Å². The van der Waals surface area contributed by atoms with Gasteiger partial charge in [0.15, 0.2) is 0 Å². The molecule has 1 N–H and O–H groups in total. The zero-order valence-corrected chi connectivity index (χ0v) is 16.9. The van der Waals surface area contributed by atoms with E-state index < -0.39 is 0 Å². The van der Waals surface area contributed by atoms with Crippen molar-refractivity contribution in [1.82, 2.24) is 0 Å². The van der Waals surface area contributed by atoms with E-state index in [2.05, 4.69) is 13.8 Å². The molecular weight excluding hydrogens is 296 g/mol. The van der Waals surface area contributed by atoms with E-state index in [4.69, 9.17) is 4.74 Å². The molecule has 1 unspecified atom stereocenters. The Labute approximate surface area is 152 Å². The van der Waals surface area contributed by atoms with Crippen LogP contribution in [0.4, 0.5) is 0 Å². The fraction of sp³-hybridized carbons (Fsp3) is 1.00. The third kappa shape index (κ3) is 18.3. The van der Waals surface area contributed by atoms with Crippen LogP contribution in [0.3, 0.4) is 0 Å². The number of rotatable bonds is 20. The van der Waals surface area contributed by atoms with Crippen molar-refractivity contribution in [3.05, 3.63) is 0 Å². The molecule has 146 valence electrons. The molecule has 24 heavy (non-hydrogen) atoms. The van der Waals surface area contributed by atoms with Crippen molar-refractivity contribution in [3.8, 4) is 0 Å². The van der Waals surface area contributed by atoms with Crippen molar-refractivity contribution in [3.63, 3.8) is 0 Å². The summed E-state index contributed by atoms with van der Waals surface area (Å²) in [4.78, 5) is 0. The highest BCUT2D eigenvalue weighted by atomic mass is 16.5. The van der Waals surface area contributed by atoms with Gasteiger partial charge in [-0.05, 0) is 19.3 Å². The van der Waals surface area contributed by atoms with Crippen LogP contribution in [-0.4, -0.2) is 24.4 Å². The third-order valence-electron chi connectivity index (χ3n) is 4.93. The summed E-state index contributed by atoms with van der Waals surface area (Å²) in [5.74, 6) is 0. The Morgan fingerprint density at radius 2 is 1.04 bits per heavy atom. The minimum atomic E-state index is 0.262. The van der Waals surface area contributed by atoms with Gasteiger partial charge < -0.3 is 9.84 Å². The lowest BCUT2D eigenvalue weighted by Gasteiger charge is -2.17. The fourth-order valence-corrected chi connectivity index (χ4v) is 3.27. The van der Waals surface area contributed by atoms with Gasteiger partial charge in [0.1, 0.15) is 0 Å². The average Bonchev–Trinajstić information content (AvgIpc) is 2.59. The normalized spacial score (nSPS) is 12.6.